The summed E-state index contributed by atoms with van der Waals surface area (Å²) in [5.74, 6) is -1.25. The van der Waals surface area contributed by atoms with E-state index in [0.29, 0.717) is 12.2 Å². The Balaban J connectivity index is 1.99. The second kappa shape index (κ2) is 9.50. The maximum absolute atomic E-state index is 13.5. The molecule has 1 N–H and O–H groups in total. The van der Waals surface area contributed by atoms with Gasteiger partial charge in [-0.05, 0) is 48.7 Å². The Morgan fingerprint density at radius 1 is 1.31 bits per heavy atom. The lowest BCUT2D eigenvalue weighted by molar-refractivity contribution is -0.141. The van der Waals surface area contributed by atoms with E-state index >= 15 is 0 Å². The number of nitrogens with zero attached hydrogens (tertiary/aromatic N) is 1. The fraction of sp³-hybridized carbons (Fsp3) is 0.435. The average Bonchev–Trinajstić information content (AvgIpc) is 3.06. The van der Waals surface area contributed by atoms with E-state index in [2.05, 4.69) is 32.3 Å². The van der Waals surface area contributed by atoms with Crippen LogP contribution < -0.4 is 4.74 Å². The number of benzene rings is 1. The molecule has 0 spiro atoms. The third kappa shape index (κ3) is 5.17. The number of ether oxygens (including phenoxy) is 1. The Bertz CT molecular complexity index is 1090. The first-order chi connectivity index (χ1) is 15.0. The smallest absolute Gasteiger partial charge is 0.322 e. The van der Waals surface area contributed by atoms with Crippen LogP contribution in [0.3, 0.4) is 0 Å². The molecule has 0 aliphatic carbocycles. The standard InChI is InChI=1S/C23H31NO5S2Si/c1-6-19-20-15-17(12-14-32(3,4)5)30-21(20)11-13-24(22(19)23(25)26)31(27,28)18-9-7-16(29-2)8-10-18/h6-10,15,19,22H,1,11-14H2,2-5H3,(H,25,26)/t19-,22+/m1/s1. The normalized spacial score (nSPS) is 19.8. The van der Waals surface area contributed by atoms with E-state index in [4.69, 9.17) is 4.74 Å². The van der Waals surface area contributed by atoms with Crippen LogP contribution in [0.4, 0.5) is 0 Å². The minimum Gasteiger partial charge on any atom is -0.497 e. The van der Waals surface area contributed by atoms with Gasteiger partial charge < -0.3 is 9.84 Å². The number of carbonyl (C=O) groups is 1. The SMILES string of the molecule is C=C[C@@H]1c2cc(CC[Si](C)(C)C)sc2CCN(S(=O)(=O)c2ccc(OC)cc2)[C@@H]1C(=O)O. The molecular weight excluding hydrogens is 462 g/mol. The Kier molecular flexibility index (Phi) is 7.33. The minimum atomic E-state index is -4.02. The number of fused-ring (bicyclic) bond motifs is 1. The quantitative estimate of drug-likeness (QED) is 0.429. The summed E-state index contributed by atoms with van der Waals surface area (Å²) in [5.41, 5.74) is 0.899. The lowest BCUT2D eigenvalue weighted by Crippen LogP contribution is -2.47. The van der Waals surface area contributed by atoms with Crippen LogP contribution in [0.1, 0.15) is 21.2 Å². The number of carboxylic acid groups (broad SMARTS) is 1. The van der Waals surface area contributed by atoms with Gasteiger partial charge in [0.15, 0.2) is 0 Å². The van der Waals surface area contributed by atoms with Crippen LogP contribution >= 0.6 is 11.3 Å². The van der Waals surface area contributed by atoms with E-state index in [1.54, 1.807) is 29.5 Å². The summed E-state index contributed by atoms with van der Waals surface area (Å²) in [6.45, 7) is 11.0. The number of thiophene rings is 1. The molecule has 1 aliphatic rings. The Morgan fingerprint density at radius 3 is 2.50 bits per heavy atom. The van der Waals surface area contributed by atoms with Crippen molar-refractivity contribution < 1.29 is 23.1 Å². The summed E-state index contributed by atoms with van der Waals surface area (Å²) in [5, 5.41) is 10.1. The van der Waals surface area contributed by atoms with Crippen molar-refractivity contribution in [2.24, 2.45) is 0 Å². The van der Waals surface area contributed by atoms with Crippen LogP contribution in [0.25, 0.3) is 0 Å². The van der Waals surface area contributed by atoms with Crippen molar-refractivity contribution in [3.05, 3.63) is 58.3 Å². The van der Waals surface area contributed by atoms with E-state index in [1.165, 1.54) is 24.1 Å². The van der Waals surface area contributed by atoms with Crippen LogP contribution in [0.15, 0.2) is 47.9 Å². The molecule has 1 aromatic carbocycles. The van der Waals surface area contributed by atoms with Crippen LogP contribution in [-0.4, -0.2) is 51.6 Å². The highest BCUT2D eigenvalue weighted by molar-refractivity contribution is 7.89. The van der Waals surface area contributed by atoms with Crippen molar-refractivity contribution in [1.29, 1.82) is 0 Å². The zero-order chi connectivity index (χ0) is 23.7. The maximum atomic E-state index is 13.5. The Hall–Kier alpha value is -1.94. The molecule has 0 bridgehead atoms. The topological polar surface area (TPSA) is 83.9 Å². The highest BCUT2D eigenvalue weighted by Crippen LogP contribution is 2.39. The molecule has 9 heteroatoms. The number of hydrogen-bond donors (Lipinski definition) is 1. The number of sulfonamides is 1. The van der Waals surface area contributed by atoms with Crippen LogP contribution in [0.5, 0.6) is 5.75 Å². The monoisotopic (exact) mass is 493 g/mol. The molecule has 6 nitrogen and oxygen atoms in total. The molecule has 0 amide bonds. The first-order valence-corrected chi connectivity index (χ1v) is 16.6. The zero-order valence-corrected chi connectivity index (χ0v) is 21.6. The Labute approximate surface area is 195 Å². The van der Waals surface area contributed by atoms with E-state index < -0.39 is 36.0 Å². The molecule has 0 unspecified atom stereocenters. The van der Waals surface area contributed by atoms with Crippen molar-refractivity contribution in [2.75, 3.05) is 13.7 Å². The maximum Gasteiger partial charge on any atom is 0.322 e. The molecule has 174 valence electrons. The van der Waals surface area contributed by atoms with Crippen molar-refractivity contribution in [3.63, 3.8) is 0 Å². The predicted molar refractivity (Wildman–Crippen MR) is 131 cm³/mol. The summed E-state index contributed by atoms with van der Waals surface area (Å²) < 4.78 is 33.2. The van der Waals surface area contributed by atoms with E-state index in [1.807, 2.05) is 0 Å². The first kappa shape index (κ1) is 24.7. The summed E-state index contributed by atoms with van der Waals surface area (Å²) >= 11 is 1.68. The summed E-state index contributed by atoms with van der Waals surface area (Å²) in [4.78, 5) is 14.7. The fourth-order valence-corrected chi connectivity index (χ4v) is 8.00. The van der Waals surface area contributed by atoms with Gasteiger partial charge in [0.25, 0.3) is 0 Å². The molecule has 0 radical (unpaired) electrons. The van der Waals surface area contributed by atoms with Gasteiger partial charge in [-0.25, -0.2) is 8.42 Å². The van der Waals surface area contributed by atoms with Gasteiger partial charge in [0.05, 0.1) is 12.0 Å². The van der Waals surface area contributed by atoms with Crippen LogP contribution in [-0.2, 0) is 27.7 Å². The summed E-state index contributed by atoms with van der Waals surface area (Å²) in [6.07, 6.45) is 3.04. The molecule has 2 heterocycles. The van der Waals surface area contributed by atoms with E-state index in [9.17, 15) is 18.3 Å². The van der Waals surface area contributed by atoms with Gasteiger partial charge in [-0.15, -0.1) is 17.9 Å². The van der Waals surface area contributed by atoms with Crippen molar-refractivity contribution in [1.82, 2.24) is 4.31 Å². The van der Waals surface area contributed by atoms with Crippen molar-refractivity contribution in [2.45, 2.75) is 55.4 Å². The Morgan fingerprint density at radius 2 is 1.97 bits per heavy atom. The highest BCUT2D eigenvalue weighted by Gasteiger charge is 2.43. The molecule has 1 aromatic heterocycles. The fourth-order valence-electron chi connectivity index (χ4n) is 3.98. The molecule has 2 aromatic rings. The van der Waals surface area contributed by atoms with Gasteiger partial charge >= 0.3 is 5.97 Å². The van der Waals surface area contributed by atoms with Gasteiger partial charge in [-0.3, -0.25) is 4.79 Å². The number of hydrogen-bond acceptors (Lipinski definition) is 5. The molecule has 32 heavy (non-hydrogen) atoms. The number of aliphatic carboxylic acids is 1. The van der Waals surface area contributed by atoms with Gasteiger partial charge in [-0.2, -0.15) is 4.31 Å². The van der Waals surface area contributed by atoms with Crippen LogP contribution in [0, 0.1) is 0 Å². The largest absolute Gasteiger partial charge is 0.497 e. The van der Waals surface area contributed by atoms with Crippen molar-refractivity contribution in [3.8, 4) is 5.75 Å². The highest BCUT2D eigenvalue weighted by atomic mass is 32.2. The summed E-state index contributed by atoms with van der Waals surface area (Å²) in [7, 11) is -3.72. The molecule has 1 aliphatic heterocycles. The third-order valence-corrected chi connectivity index (χ3v) is 10.7. The predicted octanol–water partition coefficient (Wildman–Crippen LogP) is 4.61. The second-order valence-corrected chi connectivity index (χ2v) is 18.0. The lowest BCUT2D eigenvalue weighted by Gasteiger charge is -2.30. The average molecular weight is 494 g/mol. The van der Waals surface area contributed by atoms with Gasteiger partial charge in [0.1, 0.15) is 11.8 Å². The number of carboxylic acids is 1. The molecule has 0 fully saturated rings. The third-order valence-electron chi connectivity index (χ3n) is 5.76. The van der Waals surface area contributed by atoms with Gasteiger partial charge in [-0.1, -0.05) is 31.8 Å². The van der Waals surface area contributed by atoms with Crippen molar-refractivity contribution >= 4 is 35.4 Å². The number of aryl methyl sites for hydroxylation is 1. The first-order valence-electron chi connectivity index (χ1n) is 10.6. The number of rotatable bonds is 8. The number of methoxy groups -OCH3 is 1. The van der Waals surface area contributed by atoms with E-state index in [0.717, 1.165) is 27.2 Å². The van der Waals surface area contributed by atoms with Gasteiger partial charge in [0.2, 0.25) is 10.0 Å². The molecule has 0 saturated heterocycles. The molecule has 0 saturated carbocycles. The lowest BCUT2D eigenvalue weighted by atomic mass is 9.92. The van der Waals surface area contributed by atoms with E-state index in [-0.39, 0.29) is 11.4 Å². The molecule has 3 rings (SSSR count). The zero-order valence-electron chi connectivity index (χ0n) is 19.0. The molecule has 2 atom stereocenters. The minimum absolute atomic E-state index is 0.0495. The second-order valence-electron chi connectivity index (χ2n) is 9.24. The van der Waals surface area contributed by atoms with Gasteiger partial charge in [0, 0.05) is 30.3 Å². The summed E-state index contributed by atoms with van der Waals surface area (Å²) in [6, 6.07) is 8.01. The molecular formula is C23H31NO5S2Si. The van der Waals surface area contributed by atoms with Crippen LogP contribution in [0.2, 0.25) is 25.7 Å².